The van der Waals surface area contributed by atoms with Crippen LogP contribution < -0.4 is 10.1 Å². The molecule has 8 heteroatoms. The number of hydrogen-bond donors (Lipinski definition) is 4. The summed E-state index contributed by atoms with van der Waals surface area (Å²) >= 11 is 0. The van der Waals surface area contributed by atoms with Crippen LogP contribution in [0, 0.1) is 0 Å². The Labute approximate surface area is 140 Å². The monoisotopic (exact) mass is 348 g/mol. The quantitative estimate of drug-likeness (QED) is 0.657. The van der Waals surface area contributed by atoms with Gasteiger partial charge in [0.2, 0.25) is 0 Å². The fraction of sp³-hybridized carbons (Fsp3) is 0.125. The Morgan fingerprint density at radius 2 is 1.92 bits per heavy atom. The van der Waals surface area contributed by atoms with Gasteiger partial charge in [-0.25, -0.2) is 0 Å². The molecule has 2 aromatic carbocycles. The molecule has 0 bridgehead atoms. The normalized spacial score (nSPS) is 16.3. The van der Waals surface area contributed by atoms with Crippen LogP contribution in [-0.2, 0) is 11.4 Å². The van der Waals surface area contributed by atoms with Crippen LogP contribution in [0.5, 0.6) is 5.75 Å². The Balaban J connectivity index is 1.79. The molecule has 0 fully saturated rings. The zero-order valence-corrected chi connectivity index (χ0v) is 13.4. The fourth-order valence-corrected chi connectivity index (χ4v) is 3.47. The van der Waals surface area contributed by atoms with E-state index < -0.39 is 23.2 Å². The van der Waals surface area contributed by atoms with E-state index in [0.717, 1.165) is 5.56 Å². The number of amidine groups is 1. The van der Waals surface area contributed by atoms with Crippen molar-refractivity contribution in [2.24, 2.45) is 4.40 Å². The number of rotatable bonds is 5. The molecule has 7 nitrogen and oxygen atoms in total. The van der Waals surface area contributed by atoms with E-state index in [1.54, 1.807) is 12.1 Å². The van der Waals surface area contributed by atoms with Crippen molar-refractivity contribution in [3.05, 3.63) is 54.1 Å². The van der Waals surface area contributed by atoms with Crippen LogP contribution in [0.1, 0.15) is 12.0 Å². The topological polar surface area (TPSA) is 111 Å². The second-order valence-electron chi connectivity index (χ2n) is 5.18. The molecular formula is C16H16N2O5S. The van der Waals surface area contributed by atoms with Crippen molar-refractivity contribution in [3.8, 4) is 5.75 Å². The van der Waals surface area contributed by atoms with E-state index in [9.17, 15) is 13.9 Å². The summed E-state index contributed by atoms with van der Waals surface area (Å²) in [6, 6.07) is 14.4. The van der Waals surface area contributed by atoms with Crippen LogP contribution in [0.25, 0.3) is 0 Å². The Morgan fingerprint density at radius 1 is 1.17 bits per heavy atom. The molecule has 1 heterocycles. The van der Waals surface area contributed by atoms with Crippen LogP contribution in [-0.4, -0.2) is 26.0 Å². The number of carboxylic acid groups (broad SMARTS) is 1. The fourth-order valence-electron chi connectivity index (χ4n) is 2.26. The number of carbonyl (C=O) groups is 1. The van der Waals surface area contributed by atoms with Crippen molar-refractivity contribution in [2.75, 3.05) is 5.32 Å². The summed E-state index contributed by atoms with van der Waals surface area (Å²) in [4.78, 5) is 11.0. The van der Waals surface area contributed by atoms with Gasteiger partial charge in [0.25, 0.3) is 0 Å². The molecule has 24 heavy (non-hydrogen) atoms. The molecule has 4 N–H and O–H groups in total. The van der Waals surface area contributed by atoms with Gasteiger partial charge in [0.1, 0.15) is 29.5 Å². The second kappa shape index (κ2) is 6.52. The Kier molecular flexibility index (Phi) is 4.43. The Morgan fingerprint density at radius 3 is 2.62 bits per heavy atom. The standard InChI is InChI=1S/C16H16N2O5S/c19-16(20)9-15-17-13-7-6-12(8-14(13)24(21,22)18-15)23-10-11-4-2-1-3-5-11/h1-8,21-22H,9-10H2,(H,17,18)(H,19,20). The number of fused-ring (bicyclic) bond motifs is 1. The molecule has 1 aliphatic heterocycles. The maximum Gasteiger partial charge on any atom is 0.311 e. The number of hydrogen-bond acceptors (Lipinski definition) is 6. The molecule has 3 rings (SSSR count). The van der Waals surface area contributed by atoms with Crippen molar-refractivity contribution in [1.29, 1.82) is 0 Å². The molecule has 0 amide bonds. The van der Waals surface area contributed by atoms with Gasteiger partial charge in [0.15, 0.2) is 0 Å². The predicted octanol–water partition coefficient (Wildman–Crippen LogP) is 3.59. The lowest BCUT2D eigenvalue weighted by Crippen LogP contribution is -2.22. The van der Waals surface area contributed by atoms with Crippen LogP contribution >= 0.6 is 10.8 Å². The average molecular weight is 348 g/mol. The highest BCUT2D eigenvalue weighted by Crippen LogP contribution is 2.56. The Hall–Kier alpha value is -2.55. The minimum atomic E-state index is -3.46. The molecule has 1 aliphatic rings. The summed E-state index contributed by atoms with van der Waals surface area (Å²) in [6.45, 7) is 0.347. The van der Waals surface area contributed by atoms with Gasteiger partial charge >= 0.3 is 5.97 Å². The minimum absolute atomic E-state index is 0.00736. The molecule has 126 valence electrons. The summed E-state index contributed by atoms with van der Waals surface area (Å²) in [5.74, 6) is -0.632. The largest absolute Gasteiger partial charge is 0.489 e. The molecule has 0 aromatic heterocycles. The van der Waals surface area contributed by atoms with Crippen LogP contribution in [0.2, 0.25) is 0 Å². The molecule has 0 atom stereocenters. The van der Waals surface area contributed by atoms with E-state index in [-0.39, 0.29) is 10.7 Å². The Bertz CT molecular complexity index is 792. The number of benzene rings is 2. The highest BCUT2D eigenvalue weighted by atomic mass is 32.3. The third-order valence-electron chi connectivity index (χ3n) is 3.33. The lowest BCUT2D eigenvalue weighted by atomic mass is 10.2. The zero-order chi connectivity index (χ0) is 17.2. The molecule has 2 aromatic rings. The van der Waals surface area contributed by atoms with Gasteiger partial charge in [-0.05, 0) is 17.7 Å². The summed E-state index contributed by atoms with van der Waals surface area (Å²) in [5.41, 5.74) is 1.40. The van der Waals surface area contributed by atoms with E-state index in [1.165, 1.54) is 6.07 Å². The number of nitrogens with one attached hydrogen (secondary N) is 1. The number of carboxylic acids is 1. The number of aliphatic carboxylic acids is 1. The van der Waals surface area contributed by atoms with Gasteiger partial charge in [-0.15, -0.1) is 4.40 Å². The van der Waals surface area contributed by atoms with Crippen LogP contribution in [0.4, 0.5) is 5.69 Å². The first-order valence-corrected chi connectivity index (χ1v) is 8.61. The number of nitrogens with zero attached hydrogens (tertiary/aromatic N) is 1. The first kappa shape index (κ1) is 16.3. The average Bonchev–Trinajstić information content (AvgIpc) is 2.53. The van der Waals surface area contributed by atoms with Gasteiger partial charge in [-0.2, -0.15) is 0 Å². The SMILES string of the molecule is O=C(O)CC1=NS(O)(O)c2cc(OCc3ccccc3)ccc2N1. The smallest absolute Gasteiger partial charge is 0.311 e. The van der Waals surface area contributed by atoms with Gasteiger partial charge in [-0.3, -0.25) is 13.9 Å². The third kappa shape index (κ3) is 3.67. The molecule has 0 radical (unpaired) electrons. The van der Waals surface area contributed by atoms with Crippen molar-refractivity contribution < 1.29 is 23.7 Å². The predicted molar refractivity (Wildman–Crippen MR) is 91.6 cm³/mol. The van der Waals surface area contributed by atoms with Gasteiger partial charge in [-0.1, -0.05) is 41.1 Å². The zero-order valence-electron chi connectivity index (χ0n) is 12.5. The minimum Gasteiger partial charge on any atom is -0.489 e. The van der Waals surface area contributed by atoms with Crippen molar-refractivity contribution in [3.63, 3.8) is 0 Å². The van der Waals surface area contributed by atoms with E-state index in [0.29, 0.717) is 18.0 Å². The first-order chi connectivity index (χ1) is 11.4. The maximum atomic E-state index is 10.8. The van der Waals surface area contributed by atoms with Gasteiger partial charge in [0, 0.05) is 6.07 Å². The van der Waals surface area contributed by atoms with E-state index in [1.807, 2.05) is 30.3 Å². The van der Waals surface area contributed by atoms with Gasteiger partial charge in [0.05, 0.1) is 5.69 Å². The molecule has 0 saturated carbocycles. The van der Waals surface area contributed by atoms with Crippen molar-refractivity contribution >= 4 is 28.3 Å². The molecule has 0 unspecified atom stereocenters. The molecule has 0 spiro atoms. The number of ether oxygens (including phenoxy) is 1. The highest BCUT2D eigenvalue weighted by Gasteiger charge is 2.27. The summed E-state index contributed by atoms with van der Waals surface area (Å²) in [5, 5.41) is 11.6. The van der Waals surface area contributed by atoms with Crippen LogP contribution in [0.3, 0.4) is 0 Å². The molecule has 0 saturated heterocycles. The van der Waals surface area contributed by atoms with E-state index in [2.05, 4.69) is 9.71 Å². The second-order valence-corrected chi connectivity index (χ2v) is 6.84. The molecular weight excluding hydrogens is 332 g/mol. The summed E-state index contributed by atoms with van der Waals surface area (Å²) in [6.07, 6.45) is -0.415. The third-order valence-corrected chi connectivity index (χ3v) is 4.73. The number of anilines is 1. The lowest BCUT2D eigenvalue weighted by Gasteiger charge is -2.34. The summed E-state index contributed by atoms with van der Waals surface area (Å²) < 4.78 is 29.7. The maximum absolute atomic E-state index is 10.8. The van der Waals surface area contributed by atoms with E-state index >= 15 is 0 Å². The van der Waals surface area contributed by atoms with Crippen molar-refractivity contribution in [1.82, 2.24) is 0 Å². The molecule has 0 aliphatic carbocycles. The first-order valence-electron chi connectivity index (χ1n) is 7.11. The van der Waals surface area contributed by atoms with Gasteiger partial charge < -0.3 is 15.2 Å². The highest BCUT2D eigenvalue weighted by molar-refractivity contribution is 8.23. The van der Waals surface area contributed by atoms with Crippen molar-refractivity contribution in [2.45, 2.75) is 17.9 Å². The summed E-state index contributed by atoms with van der Waals surface area (Å²) in [7, 11) is -3.46. The lowest BCUT2D eigenvalue weighted by molar-refractivity contribution is -0.135. The van der Waals surface area contributed by atoms with Crippen LogP contribution in [0.15, 0.2) is 57.8 Å². The van der Waals surface area contributed by atoms with E-state index in [4.69, 9.17) is 9.84 Å².